The SMILES string of the molecule is CCCCCCCCCc1nc(CC)n(C(C)(C)C)c1N. The van der Waals surface area contributed by atoms with Gasteiger partial charge in [-0.25, -0.2) is 4.98 Å². The molecule has 1 heterocycles. The number of imidazole rings is 1. The first kappa shape index (κ1) is 18.1. The van der Waals surface area contributed by atoms with Gasteiger partial charge in [0.05, 0.1) is 5.69 Å². The highest BCUT2D eigenvalue weighted by atomic mass is 15.2. The second-order valence-electron chi connectivity index (χ2n) is 7.09. The molecule has 0 saturated heterocycles. The molecule has 122 valence electrons. The summed E-state index contributed by atoms with van der Waals surface area (Å²) in [5, 5.41) is 0. The molecular formula is C18H35N3. The molecule has 0 radical (unpaired) electrons. The Hall–Kier alpha value is -0.990. The van der Waals surface area contributed by atoms with Crippen LogP contribution >= 0.6 is 0 Å². The van der Waals surface area contributed by atoms with E-state index in [4.69, 9.17) is 10.7 Å². The Morgan fingerprint density at radius 3 is 2.00 bits per heavy atom. The lowest BCUT2D eigenvalue weighted by Crippen LogP contribution is -2.25. The topological polar surface area (TPSA) is 43.8 Å². The largest absolute Gasteiger partial charge is 0.384 e. The molecule has 1 aromatic heterocycles. The summed E-state index contributed by atoms with van der Waals surface area (Å²) in [6.45, 7) is 11.0. The number of nitrogens with zero attached hydrogens (tertiary/aromatic N) is 2. The van der Waals surface area contributed by atoms with Crippen molar-refractivity contribution < 1.29 is 0 Å². The highest BCUT2D eigenvalue weighted by Gasteiger charge is 2.22. The number of nitrogens with two attached hydrogens (primary N) is 1. The molecule has 2 N–H and O–H groups in total. The lowest BCUT2D eigenvalue weighted by Gasteiger charge is -2.24. The summed E-state index contributed by atoms with van der Waals surface area (Å²) in [5.74, 6) is 2.00. The van der Waals surface area contributed by atoms with Gasteiger partial charge < -0.3 is 10.3 Å². The Morgan fingerprint density at radius 2 is 1.52 bits per heavy atom. The van der Waals surface area contributed by atoms with E-state index in [1.54, 1.807) is 0 Å². The van der Waals surface area contributed by atoms with Crippen molar-refractivity contribution in [2.24, 2.45) is 0 Å². The molecule has 0 unspecified atom stereocenters. The van der Waals surface area contributed by atoms with E-state index in [9.17, 15) is 0 Å². The van der Waals surface area contributed by atoms with E-state index in [1.807, 2.05) is 0 Å². The first-order chi connectivity index (χ1) is 9.91. The second-order valence-corrected chi connectivity index (χ2v) is 7.09. The number of unbranched alkanes of at least 4 members (excludes halogenated alkanes) is 6. The first-order valence-corrected chi connectivity index (χ1v) is 8.78. The molecule has 3 heteroatoms. The van der Waals surface area contributed by atoms with Crippen molar-refractivity contribution >= 4 is 5.82 Å². The molecule has 1 rings (SSSR count). The van der Waals surface area contributed by atoms with Crippen LogP contribution in [-0.4, -0.2) is 9.55 Å². The van der Waals surface area contributed by atoms with E-state index < -0.39 is 0 Å². The molecule has 0 fully saturated rings. The van der Waals surface area contributed by atoms with Crippen LogP contribution in [-0.2, 0) is 18.4 Å². The lowest BCUT2D eigenvalue weighted by atomic mass is 10.1. The summed E-state index contributed by atoms with van der Waals surface area (Å²) in [6.07, 6.45) is 11.3. The fourth-order valence-electron chi connectivity index (χ4n) is 2.95. The van der Waals surface area contributed by atoms with Gasteiger partial charge in [0.2, 0.25) is 0 Å². The summed E-state index contributed by atoms with van der Waals surface area (Å²) in [7, 11) is 0. The van der Waals surface area contributed by atoms with Crippen LogP contribution in [0.2, 0.25) is 0 Å². The van der Waals surface area contributed by atoms with Gasteiger partial charge in [0.15, 0.2) is 0 Å². The molecule has 0 aliphatic heterocycles. The van der Waals surface area contributed by atoms with Crippen molar-refractivity contribution in [3.05, 3.63) is 11.5 Å². The summed E-state index contributed by atoms with van der Waals surface area (Å²) in [5.41, 5.74) is 7.47. The standard InChI is InChI=1S/C18H35N3/c1-6-8-9-10-11-12-13-14-15-17(19)21(18(3,4)5)16(7-2)20-15/h6-14,19H2,1-5H3. The quantitative estimate of drug-likeness (QED) is 0.645. The fourth-order valence-corrected chi connectivity index (χ4v) is 2.95. The van der Waals surface area contributed by atoms with Crippen LogP contribution in [0.4, 0.5) is 5.82 Å². The van der Waals surface area contributed by atoms with Crippen molar-refractivity contribution in [3.63, 3.8) is 0 Å². The van der Waals surface area contributed by atoms with Gasteiger partial charge in [-0.15, -0.1) is 0 Å². The van der Waals surface area contributed by atoms with E-state index in [0.29, 0.717) is 0 Å². The molecule has 21 heavy (non-hydrogen) atoms. The minimum absolute atomic E-state index is 0.0147. The third-order valence-electron chi connectivity index (χ3n) is 4.06. The van der Waals surface area contributed by atoms with Crippen molar-refractivity contribution in [1.29, 1.82) is 0 Å². The van der Waals surface area contributed by atoms with Gasteiger partial charge in [0.1, 0.15) is 11.6 Å². The van der Waals surface area contributed by atoms with E-state index in [1.165, 1.54) is 44.9 Å². The predicted molar refractivity (Wildman–Crippen MR) is 92.7 cm³/mol. The summed E-state index contributed by atoms with van der Waals surface area (Å²) in [4.78, 5) is 4.78. The Balaban J connectivity index is 2.51. The van der Waals surface area contributed by atoms with Gasteiger partial charge in [-0.05, 0) is 33.6 Å². The van der Waals surface area contributed by atoms with Crippen molar-refractivity contribution in [2.75, 3.05) is 5.73 Å². The lowest BCUT2D eigenvalue weighted by molar-refractivity contribution is 0.389. The fraction of sp³-hybridized carbons (Fsp3) is 0.833. The van der Waals surface area contributed by atoms with E-state index in [-0.39, 0.29) is 5.54 Å². The van der Waals surface area contributed by atoms with Gasteiger partial charge in [-0.2, -0.15) is 0 Å². The van der Waals surface area contributed by atoms with Crippen LogP contribution in [0.5, 0.6) is 0 Å². The van der Waals surface area contributed by atoms with Crippen LogP contribution in [0.15, 0.2) is 0 Å². The molecular weight excluding hydrogens is 258 g/mol. The third-order valence-corrected chi connectivity index (χ3v) is 4.06. The summed E-state index contributed by atoms with van der Waals surface area (Å²) < 4.78 is 2.21. The maximum Gasteiger partial charge on any atom is 0.127 e. The maximum atomic E-state index is 6.35. The van der Waals surface area contributed by atoms with Gasteiger partial charge in [0, 0.05) is 12.0 Å². The zero-order chi connectivity index (χ0) is 15.9. The molecule has 0 atom stereocenters. The smallest absolute Gasteiger partial charge is 0.127 e. The molecule has 0 amide bonds. The Bertz CT molecular complexity index is 413. The van der Waals surface area contributed by atoms with E-state index >= 15 is 0 Å². The van der Waals surface area contributed by atoms with Gasteiger partial charge in [0.25, 0.3) is 0 Å². The number of aryl methyl sites for hydroxylation is 2. The van der Waals surface area contributed by atoms with Crippen LogP contribution in [0.1, 0.15) is 91.1 Å². The Morgan fingerprint density at radius 1 is 0.952 bits per heavy atom. The second kappa shape index (κ2) is 8.45. The predicted octanol–water partition coefficient (Wildman–Crippen LogP) is 5.08. The van der Waals surface area contributed by atoms with Crippen molar-refractivity contribution in [3.8, 4) is 0 Å². The summed E-state index contributed by atoms with van der Waals surface area (Å²) >= 11 is 0. The number of nitrogen functional groups attached to an aromatic ring is 1. The third kappa shape index (κ3) is 5.37. The number of hydrogen-bond donors (Lipinski definition) is 1. The zero-order valence-electron chi connectivity index (χ0n) is 14.8. The molecule has 0 aliphatic rings. The van der Waals surface area contributed by atoms with Crippen molar-refractivity contribution in [1.82, 2.24) is 9.55 Å². The number of anilines is 1. The first-order valence-electron chi connectivity index (χ1n) is 8.78. The number of rotatable bonds is 9. The maximum absolute atomic E-state index is 6.35. The molecule has 0 spiro atoms. The van der Waals surface area contributed by atoms with Gasteiger partial charge in [-0.1, -0.05) is 52.4 Å². The Kier molecular flexibility index (Phi) is 7.27. The van der Waals surface area contributed by atoms with Crippen molar-refractivity contribution in [2.45, 2.75) is 97.9 Å². The molecule has 0 aromatic carbocycles. The number of aromatic nitrogens is 2. The van der Waals surface area contributed by atoms with E-state index in [2.05, 4.69) is 39.2 Å². The van der Waals surface area contributed by atoms with Crippen LogP contribution in [0, 0.1) is 0 Å². The van der Waals surface area contributed by atoms with Crippen LogP contribution in [0.25, 0.3) is 0 Å². The van der Waals surface area contributed by atoms with Gasteiger partial charge >= 0.3 is 0 Å². The van der Waals surface area contributed by atoms with Crippen LogP contribution in [0.3, 0.4) is 0 Å². The van der Waals surface area contributed by atoms with Crippen LogP contribution < -0.4 is 5.73 Å². The van der Waals surface area contributed by atoms with Gasteiger partial charge in [-0.3, -0.25) is 0 Å². The average molecular weight is 293 g/mol. The number of hydrogen-bond acceptors (Lipinski definition) is 2. The average Bonchev–Trinajstić information content (AvgIpc) is 2.74. The molecule has 1 aromatic rings. The monoisotopic (exact) mass is 293 g/mol. The molecule has 0 aliphatic carbocycles. The normalized spacial score (nSPS) is 12.0. The zero-order valence-corrected chi connectivity index (χ0v) is 14.8. The molecule has 0 bridgehead atoms. The Labute approximate surface area is 131 Å². The molecule has 3 nitrogen and oxygen atoms in total. The molecule has 0 saturated carbocycles. The highest BCUT2D eigenvalue weighted by molar-refractivity contribution is 5.39. The minimum atomic E-state index is 0.0147. The minimum Gasteiger partial charge on any atom is -0.384 e. The highest BCUT2D eigenvalue weighted by Crippen LogP contribution is 2.26. The summed E-state index contributed by atoms with van der Waals surface area (Å²) in [6, 6.07) is 0. The van der Waals surface area contributed by atoms with E-state index in [0.717, 1.165) is 30.2 Å².